The van der Waals surface area contributed by atoms with E-state index >= 15 is 0 Å². The zero-order valence-electron chi connectivity index (χ0n) is 12.3. The van der Waals surface area contributed by atoms with Crippen LogP contribution >= 0.6 is 0 Å². The lowest BCUT2D eigenvalue weighted by molar-refractivity contribution is 0.0870. The molecule has 3 N–H and O–H groups in total. The number of carbonyl (C=O) groups excluding carboxylic acids is 1. The number of amides is 1. The van der Waals surface area contributed by atoms with Crippen molar-refractivity contribution < 1.29 is 9.90 Å². The minimum absolute atomic E-state index is 0.0361. The van der Waals surface area contributed by atoms with E-state index in [1.807, 2.05) is 30.3 Å². The maximum absolute atomic E-state index is 12.0. The van der Waals surface area contributed by atoms with Crippen LogP contribution in [0.25, 0.3) is 0 Å². The molecule has 22 heavy (non-hydrogen) atoms. The van der Waals surface area contributed by atoms with E-state index in [1.165, 1.54) is 11.1 Å². The SMILES string of the molecule is O=C(NCC(O)C1Cc2ccccc2CN1)c1ccccc1. The molecule has 1 aliphatic heterocycles. The lowest BCUT2D eigenvalue weighted by atomic mass is 9.93. The fourth-order valence-corrected chi connectivity index (χ4v) is 2.78. The average molecular weight is 296 g/mol. The lowest BCUT2D eigenvalue weighted by Gasteiger charge is -2.30. The Morgan fingerprint density at radius 3 is 2.59 bits per heavy atom. The Bertz CT molecular complexity index is 643. The quantitative estimate of drug-likeness (QED) is 0.801. The smallest absolute Gasteiger partial charge is 0.251 e. The predicted octanol–water partition coefficient (Wildman–Crippen LogP) is 1.49. The van der Waals surface area contributed by atoms with Gasteiger partial charge in [-0.25, -0.2) is 0 Å². The summed E-state index contributed by atoms with van der Waals surface area (Å²) in [6, 6.07) is 17.2. The summed E-state index contributed by atoms with van der Waals surface area (Å²) in [6.07, 6.45) is 0.166. The topological polar surface area (TPSA) is 61.4 Å². The van der Waals surface area contributed by atoms with Gasteiger partial charge >= 0.3 is 0 Å². The molecular weight excluding hydrogens is 276 g/mol. The first-order valence-electron chi connectivity index (χ1n) is 7.55. The van der Waals surface area contributed by atoms with Crippen LogP contribution in [0.15, 0.2) is 54.6 Å². The third kappa shape index (κ3) is 3.35. The molecule has 4 nitrogen and oxygen atoms in total. The minimum Gasteiger partial charge on any atom is -0.390 e. The van der Waals surface area contributed by atoms with Crippen molar-refractivity contribution in [3.8, 4) is 0 Å². The highest BCUT2D eigenvalue weighted by atomic mass is 16.3. The monoisotopic (exact) mass is 296 g/mol. The molecule has 0 spiro atoms. The number of hydrogen-bond donors (Lipinski definition) is 3. The van der Waals surface area contributed by atoms with Crippen LogP contribution in [0, 0.1) is 0 Å². The predicted molar refractivity (Wildman–Crippen MR) is 85.6 cm³/mol. The first-order valence-corrected chi connectivity index (χ1v) is 7.55. The summed E-state index contributed by atoms with van der Waals surface area (Å²) in [6.45, 7) is 0.998. The Morgan fingerprint density at radius 1 is 1.14 bits per heavy atom. The van der Waals surface area contributed by atoms with Gasteiger partial charge in [-0.05, 0) is 29.7 Å². The van der Waals surface area contributed by atoms with Gasteiger partial charge in [-0.15, -0.1) is 0 Å². The van der Waals surface area contributed by atoms with Crippen LogP contribution in [0.4, 0.5) is 0 Å². The van der Waals surface area contributed by atoms with Gasteiger partial charge in [-0.2, -0.15) is 0 Å². The summed E-state index contributed by atoms with van der Waals surface area (Å²) < 4.78 is 0. The van der Waals surface area contributed by atoms with Gasteiger partial charge < -0.3 is 15.7 Å². The number of carbonyl (C=O) groups is 1. The molecule has 0 fully saturated rings. The number of aliphatic hydroxyl groups excluding tert-OH is 1. The van der Waals surface area contributed by atoms with E-state index in [2.05, 4.69) is 22.8 Å². The lowest BCUT2D eigenvalue weighted by Crippen LogP contribution is -2.49. The van der Waals surface area contributed by atoms with Crippen LogP contribution in [-0.2, 0) is 13.0 Å². The number of hydrogen-bond acceptors (Lipinski definition) is 3. The second-order valence-electron chi connectivity index (χ2n) is 5.60. The number of nitrogens with one attached hydrogen (secondary N) is 2. The van der Waals surface area contributed by atoms with E-state index in [0.717, 1.165) is 13.0 Å². The van der Waals surface area contributed by atoms with Gasteiger partial charge in [0.2, 0.25) is 0 Å². The molecule has 2 atom stereocenters. The van der Waals surface area contributed by atoms with Gasteiger partial charge in [-0.1, -0.05) is 42.5 Å². The summed E-state index contributed by atoms with van der Waals surface area (Å²) in [4.78, 5) is 12.0. The van der Waals surface area contributed by atoms with Crippen LogP contribution in [0.5, 0.6) is 0 Å². The molecule has 0 aliphatic carbocycles. The summed E-state index contributed by atoms with van der Waals surface area (Å²) in [5.74, 6) is -0.157. The molecule has 1 heterocycles. The van der Waals surface area contributed by atoms with E-state index in [0.29, 0.717) is 5.56 Å². The Labute approximate surface area is 130 Å². The Balaban J connectivity index is 1.55. The number of fused-ring (bicyclic) bond motifs is 1. The van der Waals surface area contributed by atoms with Crippen molar-refractivity contribution in [1.82, 2.24) is 10.6 Å². The normalized spacial score (nSPS) is 18.3. The number of rotatable bonds is 4. The molecule has 3 rings (SSSR count). The molecule has 0 radical (unpaired) electrons. The summed E-state index contributed by atoms with van der Waals surface area (Å²) in [5.41, 5.74) is 3.15. The third-order valence-electron chi connectivity index (χ3n) is 4.09. The van der Waals surface area contributed by atoms with E-state index in [9.17, 15) is 9.90 Å². The zero-order chi connectivity index (χ0) is 15.4. The van der Waals surface area contributed by atoms with Gasteiger partial charge in [0.05, 0.1) is 6.10 Å². The maximum atomic E-state index is 12.0. The highest BCUT2D eigenvalue weighted by Gasteiger charge is 2.24. The molecule has 2 aromatic carbocycles. The molecule has 1 aliphatic rings. The summed E-state index contributed by atoms with van der Waals surface area (Å²) in [5, 5.41) is 16.4. The summed E-state index contributed by atoms with van der Waals surface area (Å²) >= 11 is 0. The molecule has 0 saturated carbocycles. The fourth-order valence-electron chi connectivity index (χ4n) is 2.78. The van der Waals surface area contributed by atoms with Crippen LogP contribution in [0.1, 0.15) is 21.5 Å². The highest BCUT2D eigenvalue weighted by molar-refractivity contribution is 5.94. The van der Waals surface area contributed by atoms with Gasteiger partial charge in [0.1, 0.15) is 0 Å². The number of benzene rings is 2. The Hall–Kier alpha value is -2.17. The van der Waals surface area contributed by atoms with Gasteiger partial charge in [0.15, 0.2) is 0 Å². The number of aliphatic hydroxyl groups is 1. The largest absolute Gasteiger partial charge is 0.390 e. The molecule has 2 unspecified atom stereocenters. The maximum Gasteiger partial charge on any atom is 0.251 e. The van der Waals surface area contributed by atoms with Crippen LogP contribution in [0.3, 0.4) is 0 Å². The van der Waals surface area contributed by atoms with Crippen LogP contribution < -0.4 is 10.6 Å². The summed E-state index contributed by atoms with van der Waals surface area (Å²) in [7, 11) is 0. The molecular formula is C18H20N2O2. The first kappa shape index (κ1) is 14.8. The highest BCUT2D eigenvalue weighted by Crippen LogP contribution is 2.17. The Morgan fingerprint density at radius 2 is 1.82 bits per heavy atom. The Kier molecular flexibility index (Phi) is 4.51. The van der Waals surface area contributed by atoms with Gasteiger partial charge in [-0.3, -0.25) is 4.79 Å². The molecule has 1 amide bonds. The first-order chi connectivity index (χ1) is 10.7. The molecule has 114 valence electrons. The van der Waals surface area contributed by atoms with Crippen molar-refractivity contribution in [1.29, 1.82) is 0 Å². The molecule has 0 saturated heterocycles. The third-order valence-corrected chi connectivity index (χ3v) is 4.09. The zero-order valence-corrected chi connectivity index (χ0v) is 12.3. The molecule has 2 aromatic rings. The van der Waals surface area contributed by atoms with Crippen molar-refractivity contribution >= 4 is 5.91 Å². The average Bonchev–Trinajstić information content (AvgIpc) is 2.59. The van der Waals surface area contributed by atoms with E-state index < -0.39 is 6.10 Å². The van der Waals surface area contributed by atoms with Gasteiger partial charge in [0, 0.05) is 24.7 Å². The van der Waals surface area contributed by atoms with Crippen molar-refractivity contribution in [2.24, 2.45) is 0 Å². The second-order valence-corrected chi connectivity index (χ2v) is 5.60. The second kappa shape index (κ2) is 6.73. The van der Waals surface area contributed by atoms with Crippen molar-refractivity contribution in [2.75, 3.05) is 6.54 Å². The molecule has 4 heteroatoms. The molecule has 0 bridgehead atoms. The van der Waals surface area contributed by atoms with E-state index in [-0.39, 0.29) is 18.5 Å². The minimum atomic E-state index is -0.610. The van der Waals surface area contributed by atoms with E-state index in [4.69, 9.17) is 0 Å². The van der Waals surface area contributed by atoms with Gasteiger partial charge in [0.25, 0.3) is 5.91 Å². The van der Waals surface area contributed by atoms with Crippen molar-refractivity contribution in [3.05, 3.63) is 71.3 Å². The fraction of sp³-hybridized carbons (Fsp3) is 0.278. The standard InChI is InChI=1S/C18H20N2O2/c21-17(12-20-18(22)13-6-2-1-3-7-13)16-10-14-8-4-5-9-15(14)11-19-16/h1-9,16-17,19,21H,10-12H2,(H,20,22). The van der Waals surface area contributed by atoms with Crippen LogP contribution in [0.2, 0.25) is 0 Å². The molecule has 0 aromatic heterocycles. The van der Waals surface area contributed by atoms with E-state index in [1.54, 1.807) is 12.1 Å². The van der Waals surface area contributed by atoms with Crippen LogP contribution in [-0.4, -0.2) is 29.7 Å². The van der Waals surface area contributed by atoms with Crippen molar-refractivity contribution in [3.63, 3.8) is 0 Å². The van der Waals surface area contributed by atoms with Crippen molar-refractivity contribution in [2.45, 2.75) is 25.1 Å².